The number of likely N-dealkylation sites (tertiary alicyclic amines) is 1. The molecule has 0 aromatic heterocycles. The number of amides is 5. The van der Waals surface area contributed by atoms with Crippen LogP contribution in [0.5, 0.6) is 5.75 Å². The molecule has 4 atom stereocenters. The number of anilines is 1. The number of hydrogen-bond donors (Lipinski definition) is 5. The third kappa shape index (κ3) is 12.9. The highest BCUT2D eigenvalue weighted by Gasteiger charge is 2.40. The summed E-state index contributed by atoms with van der Waals surface area (Å²) in [7, 11) is 1.98. The minimum atomic E-state index is -1.73. The first kappa shape index (κ1) is 40.8. The molecule has 270 valence electrons. The van der Waals surface area contributed by atoms with Gasteiger partial charge in [-0.3, -0.25) is 24.0 Å². The van der Waals surface area contributed by atoms with E-state index in [4.69, 9.17) is 10.5 Å². The summed E-state index contributed by atoms with van der Waals surface area (Å²) in [6, 6.07) is 12.8. The number of nitrogens with one attached hydrogen (secondary N) is 3. The van der Waals surface area contributed by atoms with Crippen LogP contribution in [-0.4, -0.2) is 96.1 Å². The molecule has 1 heterocycles. The highest BCUT2D eigenvalue weighted by Crippen LogP contribution is 2.22. The monoisotopic (exact) mass is 702 g/mol. The molecule has 0 unspecified atom stereocenters. The van der Waals surface area contributed by atoms with E-state index in [9.17, 15) is 29.1 Å². The van der Waals surface area contributed by atoms with Crippen molar-refractivity contribution >= 4 is 47.6 Å². The number of primary amides is 1. The Morgan fingerprint density at radius 1 is 1.04 bits per heavy atom. The molecular formula is C35H51ClN6O7. The van der Waals surface area contributed by atoms with E-state index in [1.807, 2.05) is 40.0 Å². The van der Waals surface area contributed by atoms with Gasteiger partial charge in [0.05, 0.1) is 12.5 Å². The smallest absolute Gasteiger partial charge is 0.258 e. The van der Waals surface area contributed by atoms with E-state index in [0.29, 0.717) is 24.2 Å². The van der Waals surface area contributed by atoms with E-state index in [1.165, 1.54) is 4.90 Å². The summed E-state index contributed by atoms with van der Waals surface area (Å²) in [4.78, 5) is 68.4. The average molecular weight is 703 g/mol. The van der Waals surface area contributed by atoms with Gasteiger partial charge in [-0.2, -0.15) is 0 Å². The van der Waals surface area contributed by atoms with Crippen LogP contribution >= 0.6 is 12.4 Å². The third-order valence-electron chi connectivity index (χ3n) is 7.86. The van der Waals surface area contributed by atoms with Gasteiger partial charge in [-0.1, -0.05) is 37.3 Å². The maximum atomic E-state index is 13.7. The second kappa shape index (κ2) is 19.0. The SMILES string of the molecule is CCCN(C)c1ccc(OCC(=O)N[C@@H](CC(N)=O)C(=O)N[C@@H](Cc2ccccc2)[C@H](O)C(=O)N2CCC[C@H]2C(=O)NC(C)(C)C)cc1.Cl. The molecule has 1 saturated heterocycles. The largest absolute Gasteiger partial charge is 0.484 e. The minimum absolute atomic E-state index is 0. The number of ether oxygens (including phenoxy) is 1. The number of benzene rings is 2. The molecule has 1 fully saturated rings. The molecule has 0 saturated carbocycles. The number of carbonyl (C=O) groups excluding carboxylic acids is 5. The van der Waals surface area contributed by atoms with Gasteiger partial charge in [0.15, 0.2) is 12.7 Å². The predicted octanol–water partition coefficient (Wildman–Crippen LogP) is 1.69. The van der Waals surface area contributed by atoms with Gasteiger partial charge in [-0.15, -0.1) is 12.4 Å². The van der Waals surface area contributed by atoms with E-state index in [1.54, 1.807) is 42.5 Å². The van der Waals surface area contributed by atoms with Gasteiger partial charge in [0.25, 0.3) is 11.8 Å². The van der Waals surface area contributed by atoms with Crippen molar-refractivity contribution in [3.05, 3.63) is 60.2 Å². The fraction of sp³-hybridized carbons (Fsp3) is 0.514. The molecule has 1 aliphatic heterocycles. The summed E-state index contributed by atoms with van der Waals surface area (Å²) in [6.45, 7) is 8.31. The van der Waals surface area contributed by atoms with E-state index >= 15 is 0 Å². The normalized spacial score (nSPS) is 16.0. The maximum Gasteiger partial charge on any atom is 0.258 e. The Morgan fingerprint density at radius 3 is 2.29 bits per heavy atom. The van der Waals surface area contributed by atoms with Gasteiger partial charge >= 0.3 is 0 Å². The predicted molar refractivity (Wildman–Crippen MR) is 189 cm³/mol. The lowest BCUT2D eigenvalue weighted by Gasteiger charge is -2.32. The van der Waals surface area contributed by atoms with Crippen LogP contribution in [0.4, 0.5) is 5.69 Å². The van der Waals surface area contributed by atoms with Crippen LogP contribution < -0.4 is 31.3 Å². The zero-order chi connectivity index (χ0) is 35.4. The van der Waals surface area contributed by atoms with Crippen molar-refractivity contribution in [1.29, 1.82) is 0 Å². The van der Waals surface area contributed by atoms with Crippen LogP contribution in [0.25, 0.3) is 0 Å². The van der Waals surface area contributed by atoms with Gasteiger partial charge in [-0.25, -0.2) is 0 Å². The Kier molecular flexibility index (Phi) is 15.8. The molecule has 3 rings (SSSR count). The van der Waals surface area contributed by atoms with Crippen LogP contribution in [0.1, 0.15) is 58.9 Å². The van der Waals surface area contributed by atoms with Crippen LogP contribution in [0.3, 0.4) is 0 Å². The van der Waals surface area contributed by atoms with Gasteiger partial charge in [0, 0.05) is 31.4 Å². The van der Waals surface area contributed by atoms with Crippen molar-refractivity contribution in [2.75, 3.05) is 31.6 Å². The van der Waals surface area contributed by atoms with Crippen molar-refractivity contribution in [2.24, 2.45) is 5.73 Å². The summed E-state index contributed by atoms with van der Waals surface area (Å²) < 4.78 is 5.59. The Balaban J connectivity index is 0.00000833. The van der Waals surface area contributed by atoms with E-state index in [2.05, 4.69) is 27.8 Å². The zero-order valence-corrected chi connectivity index (χ0v) is 29.8. The molecule has 0 bridgehead atoms. The standard InChI is InChI=1S/C35H50N6O7.ClH/c1-6-18-40(5)24-14-16-25(17-15-24)48-22-30(43)37-27(21-29(36)42)32(45)38-26(20-23-11-8-7-9-12-23)31(44)34(47)41-19-10-13-28(41)33(46)39-35(2,3)4;/h7-9,11-12,14-17,26-28,31,44H,6,10,13,18-22H2,1-5H3,(H2,36,42)(H,37,43)(H,38,45)(H,39,46);1H/t26-,27-,28-,31-;/m0./s1. The number of halogens is 1. The second-order valence-corrected chi connectivity index (χ2v) is 13.2. The number of nitrogens with zero attached hydrogens (tertiary/aromatic N) is 2. The fourth-order valence-electron chi connectivity index (χ4n) is 5.55. The molecule has 2 aromatic carbocycles. The molecule has 5 amide bonds. The summed E-state index contributed by atoms with van der Waals surface area (Å²) in [5.41, 5.74) is 6.60. The Bertz CT molecular complexity index is 1400. The molecule has 2 aromatic rings. The zero-order valence-electron chi connectivity index (χ0n) is 28.9. The first-order valence-corrected chi connectivity index (χ1v) is 16.3. The molecule has 6 N–H and O–H groups in total. The van der Waals surface area contributed by atoms with E-state index < -0.39 is 66.4 Å². The lowest BCUT2D eigenvalue weighted by Crippen LogP contribution is -2.59. The number of rotatable bonds is 16. The van der Waals surface area contributed by atoms with Crippen molar-refractivity contribution in [3.8, 4) is 5.75 Å². The molecule has 14 heteroatoms. The number of nitrogens with two attached hydrogens (primary N) is 1. The topological polar surface area (TPSA) is 183 Å². The van der Waals surface area contributed by atoms with Crippen molar-refractivity contribution in [1.82, 2.24) is 20.9 Å². The highest BCUT2D eigenvalue weighted by atomic mass is 35.5. The summed E-state index contributed by atoms with van der Waals surface area (Å²) in [5.74, 6) is -2.93. The maximum absolute atomic E-state index is 13.7. The van der Waals surface area contributed by atoms with Crippen LogP contribution in [0.15, 0.2) is 54.6 Å². The number of aliphatic hydroxyl groups is 1. The molecule has 0 aliphatic carbocycles. The van der Waals surface area contributed by atoms with Crippen LogP contribution in [0, 0.1) is 0 Å². The first-order chi connectivity index (χ1) is 22.7. The third-order valence-corrected chi connectivity index (χ3v) is 7.86. The molecular weight excluding hydrogens is 652 g/mol. The van der Waals surface area contributed by atoms with Gasteiger partial charge < -0.3 is 41.3 Å². The van der Waals surface area contributed by atoms with E-state index in [0.717, 1.165) is 18.7 Å². The van der Waals surface area contributed by atoms with Crippen molar-refractivity contribution in [2.45, 2.75) is 89.6 Å². The van der Waals surface area contributed by atoms with Crippen LogP contribution in [0.2, 0.25) is 0 Å². The Hall–Kier alpha value is -4.36. The summed E-state index contributed by atoms with van der Waals surface area (Å²) >= 11 is 0. The van der Waals surface area contributed by atoms with Gasteiger partial charge in [-0.05, 0) is 76.3 Å². The average Bonchev–Trinajstić information content (AvgIpc) is 3.53. The van der Waals surface area contributed by atoms with Gasteiger partial charge in [0.1, 0.15) is 17.8 Å². The number of aliphatic hydroxyl groups excluding tert-OH is 1. The van der Waals surface area contributed by atoms with Crippen molar-refractivity contribution in [3.63, 3.8) is 0 Å². The highest BCUT2D eigenvalue weighted by molar-refractivity contribution is 5.93. The molecule has 0 radical (unpaired) electrons. The summed E-state index contributed by atoms with van der Waals surface area (Å²) in [5, 5.41) is 19.4. The quantitative estimate of drug-likeness (QED) is 0.175. The van der Waals surface area contributed by atoms with Crippen molar-refractivity contribution < 1.29 is 33.8 Å². The Morgan fingerprint density at radius 2 is 1.69 bits per heavy atom. The first-order valence-electron chi connectivity index (χ1n) is 16.3. The lowest BCUT2D eigenvalue weighted by molar-refractivity contribution is -0.147. The summed E-state index contributed by atoms with van der Waals surface area (Å²) in [6.07, 6.45) is -0.206. The number of carbonyl (C=O) groups is 5. The van der Waals surface area contributed by atoms with Crippen LogP contribution in [-0.2, 0) is 30.4 Å². The van der Waals surface area contributed by atoms with Gasteiger partial charge in [0.2, 0.25) is 17.7 Å². The fourth-order valence-corrected chi connectivity index (χ4v) is 5.55. The van der Waals surface area contributed by atoms with E-state index in [-0.39, 0.29) is 31.3 Å². The second-order valence-electron chi connectivity index (χ2n) is 13.2. The molecule has 13 nitrogen and oxygen atoms in total. The Labute approximate surface area is 294 Å². The molecule has 0 spiro atoms. The molecule has 1 aliphatic rings. The molecule has 49 heavy (non-hydrogen) atoms. The lowest BCUT2D eigenvalue weighted by atomic mass is 9.99. The minimum Gasteiger partial charge on any atom is -0.484 e. The number of hydrogen-bond acceptors (Lipinski definition) is 8.